The highest BCUT2D eigenvalue weighted by Crippen LogP contribution is 2.24. The van der Waals surface area contributed by atoms with Crippen LogP contribution in [0.15, 0.2) is 0 Å². The van der Waals surface area contributed by atoms with Gasteiger partial charge in [-0.2, -0.15) is 0 Å². The van der Waals surface area contributed by atoms with Gasteiger partial charge in [-0.15, -0.1) is 0 Å². The first-order valence-electron chi connectivity index (χ1n) is 3.80. The zero-order chi connectivity index (χ0) is 8.27. The molecule has 0 heterocycles. The number of primary amides is 1. The minimum absolute atomic E-state index is 0.0162. The van der Waals surface area contributed by atoms with Gasteiger partial charge in [-0.05, 0) is 12.8 Å². The van der Waals surface area contributed by atoms with Gasteiger partial charge in [0.05, 0.1) is 0 Å². The van der Waals surface area contributed by atoms with Crippen molar-refractivity contribution in [2.45, 2.75) is 25.7 Å². The number of hydrogen-bond acceptors (Lipinski definition) is 2. The number of carbonyl (C=O) groups is 2. The number of imide groups is 1. The van der Waals surface area contributed by atoms with E-state index in [0.29, 0.717) is 0 Å². The van der Waals surface area contributed by atoms with Crippen LogP contribution >= 0.6 is 0 Å². The van der Waals surface area contributed by atoms with Gasteiger partial charge in [0.15, 0.2) is 0 Å². The molecule has 1 rings (SSSR count). The summed E-state index contributed by atoms with van der Waals surface area (Å²) in [6.07, 6.45) is 3.94. The topological polar surface area (TPSA) is 72.2 Å². The molecular weight excluding hydrogens is 144 g/mol. The van der Waals surface area contributed by atoms with E-state index in [1.165, 1.54) is 0 Å². The van der Waals surface area contributed by atoms with Crippen LogP contribution in [0.25, 0.3) is 0 Å². The molecule has 11 heavy (non-hydrogen) atoms. The van der Waals surface area contributed by atoms with Crippen molar-refractivity contribution in [3.05, 3.63) is 0 Å². The summed E-state index contributed by atoms with van der Waals surface area (Å²) in [6, 6.07) is -0.748. The van der Waals surface area contributed by atoms with Crippen molar-refractivity contribution >= 4 is 11.9 Å². The maximum Gasteiger partial charge on any atom is 0.318 e. The fourth-order valence-electron chi connectivity index (χ4n) is 1.41. The van der Waals surface area contributed by atoms with E-state index in [2.05, 4.69) is 5.32 Å². The van der Waals surface area contributed by atoms with Gasteiger partial charge in [0.1, 0.15) is 0 Å². The van der Waals surface area contributed by atoms with Gasteiger partial charge in [-0.1, -0.05) is 12.8 Å². The third-order valence-corrected chi connectivity index (χ3v) is 1.97. The Balaban J connectivity index is 2.34. The molecular formula is C7H12N2O2. The van der Waals surface area contributed by atoms with Crippen molar-refractivity contribution < 1.29 is 9.59 Å². The Morgan fingerprint density at radius 3 is 2.27 bits per heavy atom. The summed E-state index contributed by atoms with van der Waals surface area (Å²) in [4.78, 5) is 21.3. The average Bonchev–Trinajstić information content (AvgIpc) is 2.35. The summed E-state index contributed by atoms with van der Waals surface area (Å²) in [7, 11) is 0. The van der Waals surface area contributed by atoms with Crippen LogP contribution in [0, 0.1) is 5.92 Å². The van der Waals surface area contributed by atoms with Gasteiger partial charge >= 0.3 is 6.03 Å². The molecule has 1 saturated carbocycles. The molecule has 0 unspecified atom stereocenters. The Labute approximate surface area is 65.1 Å². The average molecular weight is 156 g/mol. The van der Waals surface area contributed by atoms with Gasteiger partial charge in [0.25, 0.3) is 0 Å². The largest absolute Gasteiger partial charge is 0.351 e. The first kappa shape index (κ1) is 8.04. The molecule has 0 bridgehead atoms. The number of amides is 3. The predicted octanol–water partition coefficient (Wildman–Crippen LogP) is 0.371. The van der Waals surface area contributed by atoms with E-state index in [1.54, 1.807) is 0 Å². The van der Waals surface area contributed by atoms with Crippen LogP contribution in [0.2, 0.25) is 0 Å². The number of carbonyl (C=O) groups excluding carboxylic acids is 2. The molecule has 1 aliphatic rings. The SMILES string of the molecule is NC(=O)NC(=O)C1CCCC1. The molecule has 3 amide bonds. The molecule has 1 fully saturated rings. The predicted molar refractivity (Wildman–Crippen MR) is 39.7 cm³/mol. The maximum atomic E-state index is 11.0. The Morgan fingerprint density at radius 2 is 1.82 bits per heavy atom. The van der Waals surface area contributed by atoms with Gasteiger partial charge in [0.2, 0.25) is 5.91 Å². The van der Waals surface area contributed by atoms with Crippen molar-refractivity contribution in [2.75, 3.05) is 0 Å². The molecule has 0 aromatic heterocycles. The zero-order valence-corrected chi connectivity index (χ0v) is 6.30. The number of urea groups is 1. The normalized spacial score (nSPS) is 18.2. The van der Waals surface area contributed by atoms with E-state index in [9.17, 15) is 9.59 Å². The molecule has 62 valence electrons. The molecule has 3 N–H and O–H groups in total. The standard InChI is InChI=1S/C7H12N2O2/c8-7(11)9-6(10)5-3-1-2-4-5/h5H,1-4H2,(H3,8,9,10,11). The first-order valence-corrected chi connectivity index (χ1v) is 3.80. The number of hydrogen-bond donors (Lipinski definition) is 2. The van der Waals surface area contributed by atoms with E-state index in [4.69, 9.17) is 5.73 Å². The highest BCUT2D eigenvalue weighted by molar-refractivity contribution is 5.94. The van der Waals surface area contributed by atoms with Gasteiger partial charge in [-0.3, -0.25) is 10.1 Å². The molecule has 0 aromatic carbocycles. The van der Waals surface area contributed by atoms with Crippen molar-refractivity contribution in [3.63, 3.8) is 0 Å². The third-order valence-electron chi connectivity index (χ3n) is 1.97. The molecule has 0 spiro atoms. The first-order chi connectivity index (χ1) is 5.20. The quantitative estimate of drug-likeness (QED) is 0.575. The van der Waals surface area contributed by atoms with Crippen LogP contribution in [0.3, 0.4) is 0 Å². The van der Waals surface area contributed by atoms with Crippen molar-refractivity contribution in [3.8, 4) is 0 Å². The summed E-state index contributed by atoms with van der Waals surface area (Å²) in [5.41, 5.74) is 4.79. The van der Waals surface area contributed by atoms with Crippen LogP contribution in [0.5, 0.6) is 0 Å². The van der Waals surface area contributed by atoms with E-state index in [0.717, 1.165) is 25.7 Å². The Bertz CT molecular complexity index is 173. The second-order valence-corrected chi connectivity index (χ2v) is 2.83. The van der Waals surface area contributed by atoms with Crippen LogP contribution in [-0.4, -0.2) is 11.9 Å². The summed E-state index contributed by atoms with van der Waals surface area (Å²) in [5.74, 6) is -0.197. The number of nitrogens with two attached hydrogens (primary N) is 1. The minimum Gasteiger partial charge on any atom is -0.351 e. The second kappa shape index (κ2) is 3.37. The third kappa shape index (κ3) is 2.22. The van der Waals surface area contributed by atoms with Crippen LogP contribution in [0.4, 0.5) is 4.79 Å². The zero-order valence-electron chi connectivity index (χ0n) is 6.30. The van der Waals surface area contributed by atoms with E-state index in [-0.39, 0.29) is 11.8 Å². The van der Waals surface area contributed by atoms with Crippen molar-refractivity contribution in [1.82, 2.24) is 5.32 Å². The summed E-state index contributed by atoms with van der Waals surface area (Å²) in [6.45, 7) is 0. The molecule has 0 saturated heterocycles. The van der Waals surface area contributed by atoms with E-state index < -0.39 is 6.03 Å². The van der Waals surface area contributed by atoms with Gasteiger partial charge in [0, 0.05) is 5.92 Å². The smallest absolute Gasteiger partial charge is 0.318 e. The maximum absolute atomic E-state index is 11.0. The lowest BCUT2D eigenvalue weighted by Gasteiger charge is -2.05. The summed E-state index contributed by atoms with van der Waals surface area (Å²) in [5, 5.41) is 2.08. The van der Waals surface area contributed by atoms with Crippen LogP contribution in [0.1, 0.15) is 25.7 Å². The lowest BCUT2D eigenvalue weighted by atomic mass is 10.1. The Morgan fingerprint density at radius 1 is 1.27 bits per heavy atom. The fourth-order valence-corrected chi connectivity index (χ4v) is 1.41. The summed E-state index contributed by atoms with van der Waals surface area (Å²) >= 11 is 0. The lowest BCUT2D eigenvalue weighted by Crippen LogP contribution is -2.38. The fraction of sp³-hybridized carbons (Fsp3) is 0.714. The molecule has 0 aromatic rings. The van der Waals surface area contributed by atoms with Gasteiger partial charge < -0.3 is 5.73 Å². The molecule has 4 heteroatoms. The molecule has 0 radical (unpaired) electrons. The van der Waals surface area contributed by atoms with E-state index in [1.807, 2.05) is 0 Å². The van der Waals surface area contributed by atoms with Crippen LogP contribution < -0.4 is 11.1 Å². The number of nitrogens with one attached hydrogen (secondary N) is 1. The lowest BCUT2D eigenvalue weighted by molar-refractivity contribution is -0.123. The second-order valence-electron chi connectivity index (χ2n) is 2.83. The summed E-state index contributed by atoms with van der Waals surface area (Å²) < 4.78 is 0. The van der Waals surface area contributed by atoms with Crippen molar-refractivity contribution in [2.24, 2.45) is 11.7 Å². The molecule has 0 atom stereocenters. The molecule has 0 aliphatic heterocycles. The Kier molecular flexibility index (Phi) is 2.46. The highest BCUT2D eigenvalue weighted by atomic mass is 16.2. The minimum atomic E-state index is -0.748. The van der Waals surface area contributed by atoms with Crippen LogP contribution in [-0.2, 0) is 4.79 Å². The Hall–Kier alpha value is -1.06. The molecule has 4 nitrogen and oxygen atoms in total. The highest BCUT2D eigenvalue weighted by Gasteiger charge is 2.22. The van der Waals surface area contributed by atoms with Crippen molar-refractivity contribution in [1.29, 1.82) is 0 Å². The number of rotatable bonds is 1. The van der Waals surface area contributed by atoms with Gasteiger partial charge in [-0.25, -0.2) is 4.79 Å². The molecule has 1 aliphatic carbocycles. The van der Waals surface area contributed by atoms with E-state index >= 15 is 0 Å². The monoisotopic (exact) mass is 156 g/mol.